The van der Waals surface area contributed by atoms with Gasteiger partial charge in [-0.15, -0.1) is 0 Å². The number of carbonyl (C=O) groups excluding carboxylic acids is 1. The zero-order chi connectivity index (χ0) is 12.6. The zero-order valence-electron chi connectivity index (χ0n) is 9.58. The highest BCUT2D eigenvalue weighted by Gasteiger charge is 2.36. The number of carboxylic acids is 1. The number of carboxylic acid groups (broad SMARTS) is 1. The topological polar surface area (TPSA) is 66.8 Å². The fourth-order valence-corrected chi connectivity index (χ4v) is 1.83. The summed E-state index contributed by atoms with van der Waals surface area (Å²) < 4.78 is 5.39. The molecule has 5 heteroatoms. The van der Waals surface area contributed by atoms with Crippen molar-refractivity contribution in [3.05, 3.63) is 35.4 Å². The molecule has 1 aliphatic heterocycles. The van der Waals surface area contributed by atoms with Crippen molar-refractivity contribution in [2.24, 2.45) is 0 Å². The molecular weight excluding hydrogens is 222 g/mol. The van der Waals surface area contributed by atoms with E-state index in [4.69, 9.17) is 9.84 Å². The van der Waals surface area contributed by atoms with Gasteiger partial charge in [-0.3, -0.25) is 4.79 Å². The van der Waals surface area contributed by atoms with E-state index in [2.05, 4.69) is 0 Å². The third-order valence-electron chi connectivity index (χ3n) is 2.81. The Balaban J connectivity index is 2.30. The van der Waals surface area contributed by atoms with Gasteiger partial charge in [0, 0.05) is 18.2 Å². The quantitative estimate of drug-likeness (QED) is 0.856. The third kappa shape index (κ3) is 1.89. The standard InChI is InChI=1S/C12H13NO4/c1-7(12(15)16)17-11-9-6-4-3-5-8(9)10(14)13(11)2/h3-7,11H,1-2H3,(H,15,16)/t7-,11-/m0/s1. The smallest absolute Gasteiger partial charge is 0.332 e. The summed E-state index contributed by atoms with van der Waals surface area (Å²) in [5.41, 5.74) is 1.28. The van der Waals surface area contributed by atoms with Crippen molar-refractivity contribution >= 4 is 11.9 Å². The van der Waals surface area contributed by atoms with Gasteiger partial charge in [0.05, 0.1) is 0 Å². The van der Waals surface area contributed by atoms with E-state index in [9.17, 15) is 9.59 Å². The fraction of sp³-hybridized carbons (Fsp3) is 0.333. The van der Waals surface area contributed by atoms with Crippen molar-refractivity contribution in [3.63, 3.8) is 0 Å². The molecule has 0 fully saturated rings. The number of aliphatic carboxylic acids is 1. The number of hydrogen-bond donors (Lipinski definition) is 1. The maximum Gasteiger partial charge on any atom is 0.332 e. The average Bonchev–Trinajstić information content (AvgIpc) is 2.55. The van der Waals surface area contributed by atoms with Gasteiger partial charge >= 0.3 is 5.97 Å². The number of hydrogen-bond acceptors (Lipinski definition) is 3. The molecular formula is C12H13NO4. The lowest BCUT2D eigenvalue weighted by molar-refractivity contribution is -0.158. The summed E-state index contributed by atoms with van der Waals surface area (Å²) in [5, 5.41) is 8.81. The van der Waals surface area contributed by atoms with Gasteiger partial charge in [-0.25, -0.2) is 4.79 Å². The molecule has 5 nitrogen and oxygen atoms in total. The Bertz CT molecular complexity index is 471. The number of carbonyl (C=O) groups is 2. The molecule has 0 saturated heterocycles. The first-order chi connectivity index (χ1) is 8.02. The second-order valence-corrected chi connectivity index (χ2v) is 3.97. The van der Waals surface area contributed by atoms with Gasteiger partial charge in [-0.2, -0.15) is 0 Å². The second kappa shape index (κ2) is 4.18. The van der Waals surface area contributed by atoms with Crippen LogP contribution < -0.4 is 0 Å². The number of rotatable bonds is 3. The predicted octanol–water partition coefficient (Wildman–Crippen LogP) is 1.26. The Morgan fingerprint density at radius 2 is 2.12 bits per heavy atom. The molecule has 17 heavy (non-hydrogen) atoms. The minimum atomic E-state index is -1.05. The van der Waals surface area contributed by atoms with Gasteiger partial charge < -0.3 is 14.7 Å². The monoisotopic (exact) mass is 235 g/mol. The minimum Gasteiger partial charge on any atom is -0.479 e. The Morgan fingerprint density at radius 1 is 1.47 bits per heavy atom. The Hall–Kier alpha value is -1.88. The van der Waals surface area contributed by atoms with Crippen LogP contribution in [0.5, 0.6) is 0 Å². The molecule has 1 heterocycles. The van der Waals surface area contributed by atoms with Crippen LogP contribution in [0.2, 0.25) is 0 Å². The van der Waals surface area contributed by atoms with Crippen LogP contribution in [-0.2, 0) is 9.53 Å². The number of nitrogens with zero attached hydrogens (tertiary/aromatic N) is 1. The summed E-state index contributed by atoms with van der Waals surface area (Å²) >= 11 is 0. The molecule has 1 aromatic rings. The second-order valence-electron chi connectivity index (χ2n) is 3.97. The van der Waals surface area contributed by atoms with Crippen LogP contribution in [0.4, 0.5) is 0 Å². The van der Waals surface area contributed by atoms with E-state index >= 15 is 0 Å². The van der Waals surface area contributed by atoms with Crippen molar-refractivity contribution in [2.75, 3.05) is 7.05 Å². The number of amides is 1. The van der Waals surface area contributed by atoms with Crippen LogP contribution >= 0.6 is 0 Å². The molecule has 0 radical (unpaired) electrons. The minimum absolute atomic E-state index is 0.150. The summed E-state index contributed by atoms with van der Waals surface area (Å²) in [7, 11) is 1.60. The van der Waals surface area contributed by atoms with E-state index in [0.29, 0.717) is 11.1 Å². The number of fused-ring (bicyclic) bond motifs is 1. The highest BCUT2D eigenvalue weighted by atomic mass is 16.5. The van der Waals surface area contributed by atoms with Crippen LogP contribution in [0.3, 0.4) is 0 Å². The maximum absolute atomic E-state index is 11.9. The van der Waals surface area contributed by atoms with Gasteiger partial charge in [0.1, 0.15) is 0 Å². The molecule has 0 spiro atoms. The average molecular weight is 235 g/mol. The molecule has 2 atom stereocenters. The van der Waals surface area contributed by atoms with E-state index in [0.717, 1.165) is 0 Å². The summed E-state index contributed by atoms with van der Waals surface area (Å²) in [6, 6.07) is 7.06. The van der Waals surface area contributed by atoms with Gasteiger partial charge in [-0.05, 0) is 13.0 Å². The van der Waals surface area contributed by atoms with Crippen LogP contribution in [0, 0.1) is 0 Å². The molecule has 2 rings (SSSR count). The van der Waals surface area contributed by atoms with E-state index in [1.807, 2.05) is 0 Å². The molecule has 0 unspecified atom stereocenters. The van der Waals surface area contributed by atoms with Gasteiger partial charge in [0.15, 0.2) is 12.3 Å². The Kier molecular flexibility index (Phi) is 2.85. The van der Waals surface area contributed by atoms with Crippen LogP contribution in [0.25, 0.3) is 0 Å². The molecule has 1 N–H and O–H groups in total. The van der Waals surface area contributed by atoms with Crippen LogP contribution in [0.1, 0.15) is 29.1 Å². The van der Waals surface area contributed by atoms with Crippen molar-refractivity contribution in [1.29, 1.82) is 0 Å². The van der Waals surface area contributed by atoms with Crippen LogP contribution in [0.15, 0.2) is 24.3 Å². The van der Waals surface area contributed by atoms with E-state index in [1.165, 1.54) is 11.8 Å². The molecule has 0 saturated carbocycles. The van der Waals surface area contributed by atoms with Crippen molar-refractivity contribution < 1.29 is 19.4 Å². The van der Waals surface area contributed by atoms with Gasteiger partial charge in [0.2, 0.25) is 0 Å². The molecule has 1 aliphatic rings. The first-order valence-electron chi connectivity index (χ1n) is 5.26. The van der Waals surface area contributed by atoms with Crippen molar-refractivity contribution in [3.8, 4) is 0 Å². The highest BCUT2D eigenvalue weighted by Crippen LogP contribution is 2.33. The van der Waals surface area contributed by atoms with Crippen LogP contribution in [-0.4, -0.2) is 35.0 Å². The summed E-state index contributed by atoms with van der Waals surface area (Å²) in [4.78, 5) is 24.0. The van der Waals surface area contributed by atoms with Gasteiger partial charge in [0.25, 0.3) is 5.91 Å². The van der Waals surface area contributed by atoms with Crippen molar-refractivity contribution in [2.45, 2.75) is 19.3 Å². The first-order valence-corrected chi connectivity index (χ1v) is 5.26. The Morgan fingerprint density at radius 3 is 2.76 bits per heavy atom. The van der Waals surface area contributed by atoms with Gasteiger partial charge in [-0.1, -0.05) is 18.2 Å². The molecule has 0 aliphatic carbocycles. The van der Waals surface area contributed by atoms with E-state index in [-0.39, 0.29) is 5.91 Å². The molecule has 0 bridgehead atoms. The third-order valence-corrected chi connectivity index (χ3v) is 2.81. The summed E-state index contributed by atoms with van der Waals surface area (Å²) in [6.45, 7) is 1.45. The SMILES string of the molecule is C[C@H](O[C@H]1c2ccccc2C(=O)N1C)C(=O)O. The molecule has 90 valence electrons. The largest absolute Gasteiger partial charge is 0.479 e. The fourth-order valence-electron chi connectivity index (χ4n) is 1.83. The van der Waals surface area contributed by atoms with E-state index < -0.39 is 18.3 Å². The molecule has 1 aromatic carbocycles. The molecule has 0 aromatic heterocycles. The highest BCUT2D eigenvalue weighted by molar-refractivity contribution is 5.98. The lowest BCUT2D eigenvalue weighted by atomic mass is 10.1. The van der Waals surface area contributed by atoms with E-state index in [1.54, 1.807) is 31.3 Å². The number of benzene rings is 1. The normalized spacial score (nSPS) is 20.2. The predicted molar refractivity (Wildman–Crippen MR) is 59.5 cm³/mol. The number of ether oxygens (including phenoxy) is 1. The lowest BCUT2D eigenvalue weighted by Gasteiger charge is -2.23. The zero-order valence-corrected chi connectivity index (χ0v) is 9.58. The summed E-state index contributed by atoms with van der Waals surface area (Å²) in [5.74, 6) is -1.20. The Labute approximate surface area is 98.6 Å². The maximum atomic E-state index is 11.9. The first kappa shape index (κ1) is 11.6. The van der Waals surface area contributed by atoms with Crippen molar-refractivity contribution in [1.82, 2.24) is 4.90 Å². The summed E-state index contributed by atoms with van der Waals surface area (Å²) in [6.07, 6.45) is -1.58. The lowest BCUT2D eigenvalue weighted by Crippen LogP contribution is -2.30. The molecule has 1 amide bonds.